The molecule has 1 atom stereocenters. The van der Waals surface area contributed by atoms with Crippen LogP contribution in [0.1, 0.15) is 48.5 Å². The first-order chi connectivity index (χ1) is 6.58. The molecule has 90 valence electrons. The van der Waals surface area contributed by atoms with Crippen LogP contribution in [0.3, 0.4) is 0 Å². The summed E-state index contributed by atoms with van der Waals surface area (Å²) in [7, 11) is 0. The number of amidine groups is 1. The second-order valence-electron chi connectivity index (χ2n) is 5.91. The average molecular weight is 214 g/mol. The fourth-order valence-corrected chi connectivity index (χ4v) is 1.39. The van der Waals surface area contributed by atoms with E-state index in [1.807, 2.05) is 27.7 Å². The van der Waals surface area contributed by atoms with Crippen molar-refractivity contribution >= 4 is 5.84 Å². The molecule has 0 radical (unpaired) electrons. The van der Waals surface area contributed by atoms with Gasteiger partial charge in [0.2, 0.25) is 0 Å². The Morgan fingerprint density at radius 2 is 1.67 bits per heavy atom. The van der Waals surface area contributed by atoms with Crippen LogP contribution in [0.4, 0.5) is 0 Å². The molecule has 0 fully saturated rings. The third-order valence-electron chi connectivity index (χ3n) is 1.85. The molecule has 0 aliphatic heterocycles. The molecule has 0 aromatic heterocycles. The van der Waals surface area contributed by atoms with Crippen LogP contribution in [0.25, 0.3) is 0 Å². The molecule has 0 saturated heterocycles. The van der Waals surface area contributed by atoms with Crippen LogP contribution >= 0.6 is 0 Å². The van der Waals surface area contributed by atoms with Crippen LogP contribution in [0.15, 0.2) is 4.99 Å². The first kappa shape index (κ1) is 14.4. The van der Waals surface area contributed by atoms with E-state index >= 15 is 0 Å². The van der Waals surface area contributed by atoms with E-state index in [4.69, 9.17) is 10.5 Å². The molecule has 0 bridgehead atoms. The van der Waals surface area contributed by atoms with Gasteiger partial charge in [-0.1, -0.05) is 20.8 Å². The van der Waals surface area contributed by atoms with Crippen molar-refractivity contribution < 1.29 is 4.74 Å². The van der Waals surface area contributed by atoms with E-state index in [1.54, 1.807) is 0 Å². The van der Waals surface area contributed by atoms with E-state index < -0.39 is 0 Å². The third kappa shape index (κ3) is 5.78. The second kappa shape index (κ2) is 4.97. The Hall–Kier alpha value is -0.570. The molecule has 2 N–H and O–H groups in total. The van der Waals surface area contributed by atoms with Crippen molar-refractivity contribution in [3.63, 3.8) is 0 Å². The molecule has 3 nitrogen and oxygen atoms in total. The molecule has 0 aliphatic carbocycles. The van der Waals surface area contributed by atoms with E-state index in [0.29, 0.717) is 12.4 Å². The molecule has 0 amide bonds. The zero-order chi connectivity index (χ0) is 12.3. The largest absolute Gasteiger partial charge is 0.385 e. The van der Waals surface area contributed by atoms with Crippen molar-refractivity contribution in [2.75, 3.05) is 6.61 Å². The van der Waals surface area contributed by atoms with Gasteiger partial charge >= 0.3 is 0 Å². The summed E-state index contributed by atoms with van der Waals surface area (Å²) in [5.74, 6) is 0.594. The SMILES string of the molecule is CCOC(C(N)=NC(C)(C)C)C(C)(C)C. The number of hydrogen-bond acceptors (Lipinski definition) is 2. The Kier molecular flexibility index (Phi) is 4.78. The lowest BCUT2D eigenvalue weighted by molar-refractivity contribution is 0.0349. The lowest BCUT2D eigenvalue weighted by Crippen LogP contribution is -2.43. The van der Waals surface area contributed by atoms with Gasteiger partial charge in [0.25, 0.3) is 0 Å². The summed E-state index contributed by atoms with van der Waals surface area (Å²) >= 11 is 0. The maximum absolute atomic E-state index is 6.00. The molecule has 0 aliphatic rings. The summed E-state index contributed by atoms with van der Waals surface area (Å²) in [6.45, 7) is 15.1. The van der Waals surface area contributed by atoms with Crippen molar-refractivity contribution in [1.82, 2.24) is 0 Å². The van der Waals surface area contributed by atoms with Crippen molar-refractivity contribution in [3.05, 3.63) is 0 Å². The molecular formula is C12H26N2O. The van der Waals surface area contributed by atoms with Crippen LogP contribution in [-0.4, -0.2) is 24.1 Å². The lowest BCUT2D eigenvalue weighted by atomic mass is 9.88. The fraction of sp³-hybridized carbons (Fsp3) is 0.917. The quantitative estimate of drug-likeness (QED) is 0.580. The molecule has 3 heteroatoms. The van der Waals surface area contributed by atoms with Gasteiger partial charge in [-0.2, -0.15) is 0 Å². The van der Waals surface area contributed by atoms with Gasteiger partial charge in [0.15, 0.2) is 0 Å². The normalized spacial score (nSPS) is 16.6. The Bertz CT molecular complexity index is 221. The number of ether oxygens (including phenoxy) is 1. The van der Waals surface area contributed by atoms with Gasteiger partial charge in [0.05, 0.1) is 5.54 Å². The summed E-state index contributed by atoms with van der Waals surface area (Å²) in [4.78, 5) is 4.46. The zero-order valence-corrected chi connectivity index (χ0v) is 11.2. The number of aliphatic imine (C=N–C) groups is 1. The van der Waals surface area contributed by atoms with Gasteiger partial charge in [-0.3, -0.25) is 4.99 Å². The standard InChI is InChI=1S/C12H26N2O/c1-8-15-9(11(2,3)4)10(13)14-12(5,6)7/h9H,8H2,1-7H3,(H2,13,14). The predicted molar refractivity (Wildman–Crippen MR) is 66.2 cm³/mol. The third-order valence-corrected chi connectivity index (χ3v) is 1.85. The van der Waals surface area contributed by atoms with E-state index in [9.17, 15) is 0 Å². The van der Waals surface area contributed by atoms with E-state index in [2.05, 4.69) is 25.8 Å². The number of hydrogen-bond donors (Lipinski definition) is 1. The molecular weight excluding hydrogens is 188 g/mol. The molecule has 0 saturated carbocycles. The molecule has 1 unspecified atom stereocenters. The van der Waals surface area contributed by atoms with Gasteiger partial charge in [0.1, 0.15) is 11.9 Å². The van der Waals surface area contributed by atoms with Gasteiger partial charge in [-0.25, -0.2) is 0 Å². The topological polar surface area (TPSA) is 47.6 Å². The van der Waals surface area contributed by atoms with Crippen molar-refractivity contribution in [2.24, 2.45) is 16.1 Å². The summed E-state index contributed by atoms with van der Waals surface area (Å²) < 4.78 is 5.66. The van der Waals surface area contributed by atoms with Crippen molar-refractivity contribution in [2.45, 2.75) is 60.1 Å². The molecule has 0 spiro atoms. The fourth-order valence-electron chi connectivity index (χ4n) is 1.39. The Morgan fingerprint density at radius 3 is 1.93 bits per heavy atom. The summed E-state index contributed by atoms with van der Waals surface area (Å²) in [6.07, 6.45) is -0.110. The van der Waals surface area contributed by atoms with Crippen LogP contribution in [-0.2, 0) is 4.74 Å². The number of nitrogens with two attached hydrogens (primary N) is 1. The highest BCUT2D eigenvalue weighted by molar-refractivity contribution is 5.86. The van der Waals surface area contributed by atoms with E-state index in [-0.39, 0.29) is 17.1 Å². The maximum Gasteiger partial charge on any atom is 0.124 e. The highest BCUT2D eigenvalue weighted by Gasteiger charge is 2.29. The molecule has 15 heavy (non-hydrogen) atoms. The summed E-state index contributed by atoms with van der Waals surface area (Å²) in [5.41, 5.74) is 5.83. The zero-order valence-electron chi connectivity index (χ0n) is 11.2. The molecule has 0 rings (SSSR count). The van der Waals surface area contributed by atoms with Gasteiger partial charge in [-0.05, 0) is 33.1 Å². The van der Waals surface area contributed by atoms with Gasteiger partial charge in [0, 0.05) is 6.61 Å². The van der Waals surface area contributed by atoms with Crippen LogP contribution in [0.5, 0.6) is 0 Å². The van der Waals surface area contributed by atoms with Crippen LogP contribution in [0.2, 0.25) is 0 Å². The van der Waals surface area contributed by atoms with E-state index in [1.165, 1.54) is 0 Å². The van der Waals surface area contributed by atoms with Gasteiger partial charge < -0.3 is 10.5 Å². The Balaban J connectivity index is 4.86. The summed E-state index contributed by atoms with van der Waals surface area (Å²) in [5, 5.41) is 0. The minimum Gasteiger partial charge on any atom is -0.385 e. The molecule has 0 heterocycles. The smallest absolute Gasteiger partial charge is 0.124 e. The average Bonchev–Trinajstić information content (AvgIpc) is 1.93. The highest BCUT2D eigenvalue weighted by atomic mass is 16.5. The molecule has 0 aromatic carbocycles. The van der Waals surface area contributed by atoms with Crippen molar-refractivity contribution in [3.8, 4) is 0 Å². The summed E-state index contributed by atoms with van der Waals surface area (Å²) in [6, 6.07) is 0. The monoisotopic (exact) mass is 214 g/mol. The number of rotatable bonds is 3. The highest BCUT2D eigenvalue weighted by Crippen LogP contribution is 2.23. The minimum absolute atomic E-state index is 0.0190. The van der Waals surface area contributed by atoms with Crippen LogP contribution < -0.4 is 5.73 Å². The van der Waals surface area contributed by atoms with Crippen LogP contribution in [0, 0.1) is 5.41 Å². The van der Waals surface area contributed by atoms with Gasteiger partial charge in [-0.15, -0.1) is 0 Å². The molecule has 0 aromatic rings. The lowest BCUT2D eigenvalue weighted by Gasteiger charge is -2.31. The number of nitrogens with zero attached hydrogens (tertiary/aromatic N) is 1. The van der Waals surface area contributed by atoms with Crippen molar-refractivity contribution in [1.29, 1.82) is 0 Å². The Morgan fingerprint density at radius 1 is 1.20 bits per heavy atom. The first-order valence-corrected chi connectivity index (χ1v) is 5.54. The minimum atomic E-state index is -0.148. The maximum atomic E-state index is 6.00. The second-order valence-corrected chi connectivity index (χ2v) is 5.91. The first-order valence-electron chi connectivity index (χ1n) is 5.54. The van der Waals surface area contributed by atoms with E-state index in [0.717, 1.165) is 0 Å². The predicted octanol–water partition coefficient (Wildman–Crippen LogP) is 2.59. The Labute approximate surface area is 94.1 Å².